The van der Waals surface area contributed by atoms with Crippen molar-refractivity contribution in [3.63, 3.8) is 0 Å². The molecule has 1 N–H and O–H groups in total. The fraction of sp³-hybridized carbons (Fsp3) is 0.0769. The molecule has 0 radical (unpaired) electrons. The number of aromatic nitrogens is 2. The molecule has 0 amide bonds. The highest BCUT2D eigenvalue weighted by Gasteiger charge is 2.20. The number of anilines is 1. The molecule has 0 bridgehead atoms. The van der Waals surface area contributed by atoms with E-state index in [1.807, 2.05) is 0 Å². The zero-order chi connectivity index (χ0) is 14.9. The molecule has 21 heavy (non-hydrogen) atoms. The number of fused-ring (bicyclic) bond motifs is 1. The Labute approximate surface area is 131 Å². The van der Waals surface area contributed by atoms with E-state index in [0.29, 0.717) is 22.3 Å². The Morgan fingerprint density at radius 1 is 1.10 bits per heavy atom. The van der Waals surface area contributed by atoms with E-state index in [9.17, 15) is 8.42 Å². The summed E-state index contributed by atoms with van der Waals surface area (Å²) in [6.07, 6.45) is 0. The zero-order valence-electron chi connectivity index (χ0n) is 10.7. The van der Waals surface area contributed by atoms with E-state index in [1.54, 1.807) is 36.4 Å². The Morgan fingerprint density at radius 2 is 1.90 bits per heavy atom. The maximum Gasteiger partial charge on any atom is 0.264 e. The van der Waals surface area contributed by atoms with E-state index in [-0.39, 0.29) is 10.8 Å². The van der Waals surface area contributed by atoms with Crippen LogP contribution in [0.25, 0.3) is 11.0 Å². The first kappa shape index (κ1) is 14.2. The second kappa shape index (κ2) is 5.59. The normalized spacial score (nSPS) is 11.7. The van der Waals surface area contributed by atoms with Gasteiger partial charge in [-0.3, -0.25) is 4.72 Å². The second-order valence-electron chi connectivity index (χ2n) is 4.28. The van der Waals surface area contributed by atoms with Gasteiger partial charge >= 0.3 is 0 Å². The number of rotatable bonds is 4. The molecule has 0 fully saturated rings. The third-order valence-corrected chi connectivity index (χ3v) is 5.17. The number of halogens is 1. The molecule has 108 valence electrons. The number of sulfonamides is 1. The Bertz CT molecular complexity index is 893. The van der Waals surface area contributed by atoms with Gasteiger partial charge in [0.05, 0.1) is 17.4 Å². The molecular weight excluding hydrogens is 330 g/mol. The Morgan fingerprint density at radius 3 is 2.71 bits per heavy atom. The van der Waals surface area contributed by atoms with Crippen molar-refractivity contribution in [2.45, 2.75) is 10.8 Å². The summed E-state index contributed by atoms with van der Waals surface area (Å²) in [5.41, 5.74) is 2.12. The van der Waals surface area contributed by atoms with Crippen LogP contribution in [0.4, 0.5) is 5.69 Å². The van der Waals surface area contributed by atoms with Gasteiger partial charge in [0.1, 0.15) is 15.9 Å². The van der Waals surface area contributed by atoms with Gasteiger partial charge in [0, 0.05) is 5.88 Å². The van der Waals surface area contributed by atoms with Gasteiger partial charge in [-0.2, -0.15) is 8.75 Å². The zero-order valence-corrected chi connectivity index (χ0v) is 13.0. The van der Waals surface area contributed by atoms with Gasteiger partial charge in [-0.25, -0.2) is 8.42 Å². The topological polar surface area (TPSA) is 72.0 Å². The fourth-order valence-corrected chi connectivity index (χ4v) is 4.04. The van der Waals surface area contributed by atoms with Gasteiger partial charge in [0.15, 0.2) is 0 Å². The lowest BCUT2D eigenvalue weighted by molar-refractivity contribution is 0.602. The first-order chi connectivity index (χ1) is 10.1. The lowest BCUT2D eigenvalue weighted by Gasteiger charge is -2.11. The Kier molecular flexibility index (Phi) is 3.79. The first-order valence-electron chi connectivity index (χ1n) is 6.00. The molecule has 8 heteroatoms. The number of hydrogen-bond donors (Lipinski definition) is 1. The summed E-state index contributed by atoms with van der Waals surface area (Å²) in [5.74, 6) is 0.223. The van der Waals surface area contributed by atoms with E-state index < -0.39 is 10.0 Å². The number of nitrogens with zero attached hydrogens (tertiary/aromatic N) is 2. The molecule has 0 unspecified atom stereocenters. The van der Waals surface area contributed by atoms with Crippen LogP contribution in [0.1, 0.15) is 5.56 Å². The van der Waals surface area contributed by atoms with Crippen molar-refractivity contribution < 1.29 is 8.42 Å². The van der Waals surface area contributed by atoms with Gasteiger partial charge in [-0.15, -0.1) is 11.6 Å². The van der Waals surface area contributed by atoms with Gasteiger partial charge in [0.2, 0.25) is 0 Å². The molecule has 0 saturated heterocycles. The van der Waals surface area contributed by atoms with E-state index in [0.717, 1.165) is 11.7 Å². The first-order valence-corrected chi connectivity index (χ1v) is 8.74. The van der Waals surface area contributed by atoms with Crippen LogP contribution in [0.15, 0.2) is 47.4 Å². The SMILES string of the molecule is O=S(=O)(Nc1ccccc1CCl)c1cccc2nsnc12. The number of hydrogen-bond acceptors (Lipinski definition) is 5. The fourth-order valence-electron chi connectivity index (χ4n) is 1.93. The summed E-state index contributed by atoms with van der Waals surface area (Å²) < 4.78 is 35.8. The number of nitrogens with one attached hydrogen (secondary N) is 1. The summed E-state index contributed by atoms with van der Waals surface area (Å²) in [6, 6.07) is 11.9. The van der Waals surface area contributed by atoms with Crippen molar-refractivity contribution in [1.82, 2.24) is 8.75 Å². The summed E-state index contributed by atoms with van der Waals surface area (Å²) in [6.45, 7) is 0. The number of benzene rings is 2. The predicted molar refractivity (Wildman–Crippen MR) is 84.2 cm³/mol. The number of para-hydroxylation sites is 1. The quantitative estimate of drug-likeness (QED) is 0.741. The summed E-state index contributed by atoms with van der Waals surface area (Å²) in [4.78, 5) is 0.109. The molecule has 0 aliphatic carbocycles. The largest absolute Gasteiger partial charge is 0.279 e. The average molecular weight is 340 g/mol. The highest BCUT2D eigenvalue weighted by Crippen LogP contribution is 2.25. The molecule has 2 aromatic carbocycles. The van der Waals surface area contributed by atoms with Gasteiger partial charge in [0.25, 0.3) is 10.0 Å². The lowest BCUT2D eigenvalue weighted by Crippen LogP contribution is -2.14. The van der Waals surface area contributed by atoms with Crippen LogP contribution >= 0.6 is 23.3 Å². The summed E-state index contributed by atoms with van der Waals surface area (Å²) >= 11 is 6.81. The molecule has 0 spiro atoms. The smallest absolute Gasteiger partial charge is 0.264 e. The van der Waals surface area contributed by atoms with E-state index in [4.69, 9.17) is 11.6 Å². The highest BCUT2D eigenvalue weighted by molar-refractivity contribution is 7.93. The van der Waals surface area contributed by atoms with Crippen molar-refractivity contribution in [3.05, 3.63) is 48.0 Å². The van der Waals surface area contributed by atoms with Crippen LogP contribution in [0.3, 0.4) is 0 Å². The minimum atomic E-state index is -3.75. The van der Waals surface area contributed by atoms with E-state index >= 15 is 0 Å². The lowest BCUT2D eigenvalue weighted by atomic mass is 10.2. The molecule has 1 aromatic heterocycles. The van der Waals surface area contributed by atoms with Gasteiger partial charge < -0.3 is 0 Å². The van der Waals surface area contributed by atoms with Crippen LogP contribution < -0.4 is 4.72 Å². The van der Waals surface area contributed by atoms with Crippen LogP contribution in [-0.2, 0) is 15.9 Å². The Hall–Kier alpha value is -1.70. The molecule has 1 heterocycles. The molecule has 0 atom stereocenters. The average Bonchev–Trinajstić information content (AvgIpc) is 2.95. The van der Waals surface area contributed by atoms with Crippen LogP contribution in [0.5, 0.6) is 0 Å². The van der Waals surface area contributed by atoms with Gasteiger partial charge in [-0.1, -0.05) is 24.3 Å². The highest BCUT2D eigenvalue weighted by atomic mass is 35.5. The predicted octanol–water partition coefficient (Wildman–Crippen LogP) is 3.23. The molecule has 3 aromatic rings. The third-order valence-electron chi connectivity index (χ3n) is 2.94. The van der Waals surface area contributed by atoms with E-state index in [2.05, 4.69) is 13.5 Å². The molecule has 0 aliphatic heterocycles. The summed E-state index contributed by atoms with van der Waals surface area (Å²) in [7, 11) is -3.75. The minimum Gasteiger partial charge on any atom is -0.279 e. The number of alkyl halides is 1. The van der Waals surface area contributed by atoms with Crippen LogP contribution in [0.2, 0.25) is 0 Å². The second-order valence-corrected chi connectivity index (χ2v) is 6.73. The third kappa shape index (κ3) is 2.72. The Balaban J connectivity index is 2.07. The van der Waals surface area contributed by atoms with Crippen molar-refractivity contribution in [2.24, 2.45) is 0 Å². The van der Waals surface area contributed by atoms with E-state index in [1.165, 1.54) is 6.07 Å². The molecule has 0 aliphatic rings. The standard InChI is InChI=1S/C13H10ClN3O2S2/c14-8-9-4-1-2-5-10(9)17-21(18,19)12-7-3-6-11-13(12)16-20-15-11/h1-7,17H,8H2. The summed E-state index contributed by atoms with van der Waals surface area (Å²) in [5, 5.41) is 0. The maximum absolute atomic E-state index is 12.6. The van der Waals surface area contributed by atoms with Crippen molar-refractivity contribution in [1.29, 1.82) is 0 Å². The van der Waals surface area contributed by atoms with Crippen LogP contribution in [0, 0.1) is 0 Å². The van der Waals surface area contributed by atoms with Gasteiger partial charge in [-0.05, 0) is 23.8 Å². The molecule has 5 nitrogen and oxygen atoms in total. The molecule has 3 rings (SSSR count). The molecular formula is C13H10ClN3O2S2. The van der Waals surface area contributed by atoms with Crippen molar-refractivity contribution >= 4 is 50.1 Å². The van der Waals surface area contributed by atoms with Crippen molar-refractivity contribution in [2.75, 3.05) is 4.72 Å². The molecule has 0 saturated carbocycles. The minimum absolute atomic E-state index is 0.109. The van der Waals surface area contributed by atoms with Crippen LogP contribution in [-0.4, -0.2) is 17.2 Å². The maximum atomic E-state index is 12.6. The monoisotopic (exact) mass is 339 g/mol. The van der Waals surface area contributed by atoms with Crippen molar-refractivity contribution in [3.8, 4) is 0 Å².